The zero-order valence-electron chi connectivity index (χ0n) is 35.9. The zero-order valence-corrected chi connectivity index (χ0v) is 39.2. The number of hydrogen-bond acceptors (Lipinski definition) is 15. The summed E-state index contributed by atoms with van der Waals surface area (Å²) < 4.78 is 23.4. The molecule has 0 saturated heterocycles. The molecule has 0 amide bonds. The molecule has 0 atom stereocenters. The standard InChI is InChI=1S/C23H22N3O5.C16H12BrNO5.C7H10N2.BrH/c1-14-17(18-21(28)19-16(6-4-9-24-19)20(27)22(18)31-14)23(29)30-13-5-10-26-11-7-15(8-12-26)25(2)3;1-8-10(16(21)22-7-3-5-17)11-14(20)12-9(4-2-6-18-12)13(19)15(11)23-8;1-9(2)7-3-5-8-6-4-7;/h4,6-9,11-12H,5,10,13H2,1-3H3;2,4,6H,3,5,7H2,1H3;3-6H,1-2H3;1H/q+1;;;. The van der Waals surface area contributed by atoms with Crippen LogP contribution in [0.5, 0.6) is 0 Å². The number of rotatable bonds is 11. The number of esters is 2. The van der Waals surface area contributed by atoms with E-state index in [1.54, 1.807) is 24.5 Å². The molecule has 6 aromatic heterocycles. The highest BCUT2D eigenvalue weighted by Crippen LogP contribution is 2.34. The van der Waals surface area contributed by atoms with E-state index in [2.05, 4.69) is 30.9 Å². The van der Waals surface area contributed by atoms with Gasteiger partial charge in [-0.15, -0.1) is 17.0 Å². The number of furan rings is 2. The van der Waals surface area contributed by atoms with Gasteiger partial charge >= 0.3 is 11.9 Å². The van der Waals surface area contributed by atoms with Crippen LogP contribution in [-0.4, -0.2) is 96.8 Å². The molecule has 0 spiro atoms. The molecule has 64 heavy (non-hydrogen) atoms. The topological polar surface area (TPSA) is 196 Å². The van der Waals surface area contributed by atoms with Crippen molar-refractivity contribution in [2.75, 3.05) is 56.5 Å². The molecule has 6 aromatic rings. The third-order valence-corrected chi connectivity index (χ3v) is 10.4. The molecule has 8 rings (SSSR count). The Labute approximate surface area is 387 Å². The van der Waals surface area contributed by atoms with Gasteiger partial charge in [-0.3, -0.25) is 34.1 Å². The first-order valence-corrected chi connectivity index (χ1v) is 20.9. The number of alkyl halides is 1. The molecule has 18 heteroatoms. The Morgan fingerprint density at radius 2 is 1.08 bits per heavy atom. The Morgan fingerprint density at radius 1 is 0.641 bits per heavy atom. The second kappa shape index (κ2) is 21.6. The molecule has 0 fully saturated rings. The number of carbonyl (C=O) groups is 6. The van der Waals surface area contributed by atoms with Gasteiger partial charge < -0.3 is 28.1 Å². The predicted molar refractivity (Wildman–Crippen MR) is 243 cm³/mol. The van der Waals surface area contributed by atoms with Crippen molar-refractivity contribution in [3.8, 4) is 0 Å². The average Bonchev–Trinajstić information content (AvgIpc) is 3.84. The lowest BCUT2D eigenvalue weighted by Crippen LogP contribution is -2.33. The third kappa shape index (κ3) is 10.4. The minimum absolute atomic E-state index is 0. The van der Waals surface area contributed by atoms with Crippen LogP contribution >= 0.6 is 32.9 Å². The van der Waals surface area contributed by atoms with Gasteiger partial charge in [0.05, 0.1) is 35.5 Å². The number of ketones is 4. The highest BCUT2D eigenvalue weighted by molar-refractivity contribution is 9.09. The van der Waals surface area contributed by atoms with E-state index in [9.17, 15) is 28.8 Å². The highest BCUT2D eigenvalue weighted by Gasteiger charge is 2.41. The number of fused-ring (bicyclic) bond motifs is 4. The first-order chi connectivity index (χ1) is 30.2. The average molecular weight is 1000 g/mol. The Hall–Kier alpha value is -6.66. The van der Waals surface area contributed by atoms with E-state index in [-0.39, 0.29) is 98.0 Å². The second-order valence-electron chi connectivity index (χ2n) is 14.5. The molecule has 0 radical (unpaired) electrons. The van der Waals surface area contributed by atoms with Crippen LogP contribution in [0.2, 0.25) is 0 Å². The summed E-state index contributed by atoms with van der Waals surface area (Å²) in [4.78, 5) is 91.6. The van der Waals surface area contributed by atoms with Crippen molar-refractivity contribution in [1.82, 2.24) is 15.0 Å². The first kappa shape index (κ1) is 48.4. The summed E-state index contributed by atoms with van der Waals surface area (Å²) in [5.74, 6) is -3.17. The fourth-order valence-corrected chi connectivity index (χ4v) is 6.90. The van der Waals surface area contributed by atoms with E-state index < -0.39 is 35.1 Å². The van der Waals surface area contributed by atoms with Crippen LogP contribution in [0.1, 0.15) is 109 Å². The fourth-order valence-electron chi connectivity index (χ4n) is 6.67. The smallest absolute Gasteiger partial charge is 0.342 e. The number of hydrogen-bond donors (Lipinski definition) is 0. The minimum Gasteiger partial charge on any atom is -0.462 e. The van der Waals surface area contributed by atoms with Crippen molar-refractivity contribution in [3.05, 3.63) is 154 Å². The summed E-state index contributed by atoms with van der Waals surface area (Å²) >= 11 is 3.24. The molecule has 6 heterocycles. The van der Waals surface area contributed by atoms with Gasteiger partial charge in [0.15, 0.2) is 30.5 Å². The Kier molecular flexibility index (Phi) is 16.3. The van der Waals surface area contributed by atoms with Crippen molar-refractivity contribution in [2.45, 2.75) is 33.2 Å². The summed E-state index contributed by atoms with van der Waals surface area (Å²) in [5.41, 5.74) is 2.56. The van der Waals surface area contributed by atoms with E-state index in [0.29, 0.717) is 24.7 Å². The molecule has 0 aliphatic heterocycles. The number of pyridine rings is 4. The number of ether oxygens (including phenoxy) is 2. The SMILES string of the molecule is Br.CN(C)c1ccncc1.Cc1oc2c(c1C(=O)OCCCBr)C(=O)c1ncccc1C2=O.Cc1oc2c(c1C(=O)OCCC[n+]1ccc(N(C)C)cc1)C(=O)c1ncccc1C2=O. The van der Waals surface area contributed by atoms with Crippen molar-refractivity contribution in [2.24, 2.45) is 0 Å². The van der Waals surface area contributed by atoms with Gasteiger partial charge in [-0.2, -0.15) is 0 Å². The molecule has 0 aromatic carbocycles. The predicted octanol–water partition coefficient (Wildman–Crippen LogP) is 6.78. The first-order valence-electron chi connectivity index (χ1n) is 19.7. The van der Waals surface area contributed by atoms with Crippen LogP contribution in [0.3, 0.4) is 0 Å². The summed E-state index contributed by atoms with van der Waals surface area (Å²) in [6.45, 7) is 4.10. The Bertz CT molecular complexity index is 2700. The highest BCUT2D eigenvalue weighted by atomic mass is 79.9. The van der Waals surface area contributed by atoms with Gasteiger partial charge in [0.2, 0.25) is 23.1 Å². The van der Waals surface area contributed by atoms with Crippen LogP contribution in [-0.2, 0) is 16.0 Å². The number of carbonyl (C=O) groups excluding carboxylic acids is 6. The largest absolute Gasteiger partial charge is 0.462 e. The number of nitrogens with zero attached hydrogens (tertiary/aromatic N) is 6. The van der Waals surface area contributed by atoms with Gasteiger partial charge in [-0.05, 0) is 56.7 Å². The van der Waals surface area contributed by atoms with E-state index in [4.69, 9.17) is 18.3 Å². The van der Waals surface area contributed by atoms with E-state index in [1.165, 1.54) is 44.1 Å². The number of halogens is 2. The molecule has 0 saturated carbocycles. The summed E-state index contributed by atoms with van der Waals surface area (Å²) in [6.07, 6.45) is 11.6. The number of aryl methyl sites for hydroxylation is 3. The van der Waals surface area contributed by atoms with Crippen LogP contribution in [0, 0.1) is 13.8 Å². The van der Waals surface area contributed by atoms with Gasteiger partial charge in [0.25, 0.3) is 0 Å². The number of anilines is 2. The van der Waals surface area contributed by atoms with Crippen molar-refractivity contribution in [1.29, 1.82) is 0 Å². The maximum Gasteiger partial charge on any atom is 0.342 e. The lowest BCUT2D eigenvalue weighted by Gasteiger charge is -2.12. The van der Waals surface area contributed by atoms with Crippen molar-refractivity contribution < 1.29 is 51.6 Å². The second-order valence-corrected chi connectivity index (χ2v) is 15.3. The Morgan fingerprint density at radius 3 is 1.50 bits per heavy atom. The Balaban J connectivity index is 0.000000204. The molecule has 332 valence electrons. The van der Waals surface area contributed by atoms with E-state index in [0.717, 1.165) is 5.69 Å². The molecular formula is C46H45Br2N6O10+. The lowest BCUT2D eigenvalue weighted by atomic mass is 9.90. The molecular weight excluding hydrogens is 956 g/mol. The normalized spacial score (nSPS) is 11.9. The number of aromatic nitrogens is 4. The quantitative estimate of drug-likeness (QED) is 0.0569. The molecule has 2 aliphatic carbocycles. The monoisotopic (exact) mass is 999 g/mol. The van der Waals surface area contributed by atoms with Gasteiger partial charge in [0.1, 0.15) is 34.0 Å². The van der Waals surface area contributed by atoms with Crippen molar-refractivity contribution >= 4 is 79.4 Å². The van der Waals surface area contributed by atoms with E-state index >= 15 is 0 Å². The summed E-state index contributed by atoms with van der Waals surface area (Å²) in [5, 5.41) is 0.692. The van der Waals surface area contributed by atoms with Crippen LogP contribution in [0.4, 0.5) is 11.4 Å². The summed E-state index contributed by atoms with van der Waals surface area (Å²) in [6, 6.07) is 14.1. The molecule has 2 aliphatic rings. The van der Waals surface area contributed by atoms with Crippen molar-refractivity contribution in [3.63, 3.8) is 0 Å². The molecule has 16 nitrogen and oxygen atoms in total. The van der Waals surface area contributed by atoms with Gasteiger partial charge in [-0.1, -0.05) is 15.9 Å². The lowest BCUT2D eigenvalue weighted by molar-refractivity contribution is -0.697. The van der Waals surface area contributed by atoms with E-state index in [1.807, 2.05) is 79.2 Å². The maximum atomic E-state index is 12.9. The fraction of sp³-hybridized carbons (Fsp3) is 0.261. The molecule has 0 N–H and O–H groups in total. The van der Waals surface area contributed by atoms with Gasteiger partial charge in [-0.25, -0.2) is 14.2 Å². The van der Waals surface area contributed by atoms with Gasteiger partial charge in [0, 0.05) is 88.2 Å². The minimum atomic E-state index is -0.684. The molecule has 0 unspecified atom stereocenters. The molecule has 0 bridgehead atoms. The maximum absolute atomic E-state index is 12.9. The van der Waals surface area contributed by atoms with Crippen LogP contribution in [0.15, 0.2) is 94.5 Å². The zero-order chi connectivity index (χ0) is 45.4. The van der Waals surface area contributed by atoms with Crippen LogP contribution in [0.25, 0.3) is 0 Å². The third-order valence-electron chi connectivity index (χ3n) is 9.85. The summed E-state index contributed by atoms with van der Waals surface area (Å²) in [7, 11) is 7.97. The van der Waals surface area contributed by atoms with Crippen LogP contribution < -0.4 is 14.4 Å².